The van der Waals surface area contributed by atoms with Gasteiger partial charge in [0.1, 0.15) is 5.02 Å². The van der Waals surface area contributed by atoms with Gasteiger partial charge in [-0.1, -0.05) is 37.6 Å². The average Bonchev–Trinajstić information content (AvgIpc) is 3.39. The first kappa shape index (κ1) is 22.7. The number of fused-ring (bicyclic) bond motifs is 3. The Kier molecular flexibility index (Phi) is 5.72. The van der Waals surface area contributed by atoms with Gasteiger partial charge in [-0.05, 0) is 53.9 Å². The van der Waals surface area contributed by atoms with Crippen molar-refractivity contribution in [2.75, 3.05) is 23.0 Å². The molecule has 2 amide bonds. The van der Waals surface area contributed by atoms with Crippen molar-refractivity contribution in [1.29, 1.82) is 0 Å². The molecule has 2 aromatic rings. The van der Waals surface area contributed by atoms with Gasteiger partial charge >= 0.3 is 0 Å². The van der Waals surface area contributed by atoms with E-state index in [1.807, 2.05) is 18.2 Å². The van der Waals surface area contributed by atoms with Gasteiger partial charge in [0.25, 0.3) is 0 Å². The zero-order chi connectivity index (χ0) is 24.0. The van der Waals surface area contributed by atoms with E-state index >= 15 is 0 Å². The summed E-state index contributed by atoms with van der Waals surface area (Å²) in [6.07, 6.45) is 8.09. The number of halogens is 1. The summed E-state index contributed by atoms with van der Waals surface area (Å²) in [6.45, 7) is 4.28. The number of allylic oxidation sites excluding steroid dienone is 1. The van der Waals surface area contributed by atoms with Crippen LogP contribution in [0.4, 0.5) is 23.1 Å². The molecule has 1 aromatic heterocycles. The fourth-order valence-electron chi connectivity index (χ4n) is 5.42. The molecule has 9 heteroatoms. The summed E-state index contributed by atoms with van der Waals surface area (Å²) < 4.78 is 0. The van der Waals surface area contributed by atoms with E-state index in [0.717, 1.165) is 29.8 Å². The number of aromatic nitrogens is 2. The largest absolute Gasteiger partial charge is 0.365 e. The van der Waals surface area contributed by atoms with Crippen LogP contribution >= 0.6 is 11.6 Å². The van der Waals surface area contributed by atoms with E-state index in [-0.39, 0.29) is 41.0 Å². The zero-order valence-corrected chi connectivity index (χ0v) is 20.2. The summed E-state index contributed by atoms with van der Waals surface area (Å²) in [5.41, 5.74) is 2.58. The van der Waals surface area contributed by atoms with E-state index in [9.17, 15) is 9.59 Å². The predicted octanol–water partition coefficient (Wildman–Crippen LogP) is 4.23. The van der Waals surface area contributed by atoms with Gasteiger partial charge in [-0.2, -0.15) is 4.98 Å². The van der Waals surface area contributed by atoms with Gasteiger partial charge in [0, 0.05) is 30.9 Å². The molecule has 2 heterocycles. The van der Waals surface area contributed by atoms with Crippen LogP contribution in [0.5, 0.6) is 0 Å². The molecule has 1 saturated carbocycles. The molecule has 4 N–H and O–H groups in total. The SMILES string of the molecule is CNC(=O)[C@H]1[C@@H](Nc2nc(Nc3ccc4c(c3)C(C)(C)CCC(=O)N4)ncc2Cl)[C@@H]2C=C[C@H]1C2. The number of anilines is 4. The highest BCUT2D eigenvalue weighted by atomic mass is 35.5. The second-order valence-electron chi connectivity index (χ2n) is 9.97. The van der Waals surface area contributed by atoms with Crippen LogP contribution < -0.4 is 21.3 Å². The molecule has 5 rings (SSSR count). The number of benzene rings is 1. The first-order chi connectivity index (χ1) is 16.2. The van der Waals surface area contributed by atoms with Crippen LogP contribution in [0.25, 0.3) is 0 Å². The van der Waals surface area contributed by atoms with Crippen molar-refractivity contribution in [3.8, 4) is 0 Å². The topological polar surface area (TPSA) is 108 Å². The molecule has 1 aromatic carbocycles. The Balaban J connectivity index is 1.39. The molecule has 1 aliphatic heterocycles. The summed E-state index contributed by atoms with van der Waals surface area (Å²) in [7, 11) is 1.67. The lowest BCUT2D eigenvalue weighted by molar-refractivity contribution is -0.125. The van der Waals surface area contributed by atoms with E-state index in [1.54, 1.807) is 13.2 Å². The molecule has 2 bridgehead atoms. The Morgan fingerprint density at radius 1 is 1.24 bits per heavy atom. The molecular formula is C25H29ClN6O2. The number of hydrogen-bond donors (Lipinski definition) is 4. The normalized spacial score (nSPS) is 26.4. The number of hydrogen-bond acceptors (Lipinski definition) is 6. The Bertz CT molecular complexity index is 1180. The average molecular weight is 481 g/mol. The summed E-state index contributed by atoms with van der Waals surface area (Å²) in [5, 5.41) is 12.9. The Hall–Kier alpha value is -3.13. The molecule has 8 nitrogen and oxygen atoms in total. The summed E-state index contributed by atoms with van der Waals surface area (Å²) >= 11 is 6.43. The van der Waals surface area contributed by atoms with Crippen LogP contribution in [0.3, 0.4) is 0 Å². The van der Waals surface area contributed by atoms with E-state index in [0.29, 0.717) is 23.2 Å². The number of nitrogens with zero attached hydrogens (tertiary/aromatic N) is 2. The zero-order valence-electron chi connectivity index (χ0n) is 19.5. The maximum absolute atomic E-state index is 12.5. The highest BCUT2D eigenvalue weighted by Crippen LogP contribution is 2.45. The molecule has 178 valence electrons. The maximum Gasteiger partial charge on any atom is 0.229 e. The van der Waals surface area contributed by atoms with Crippen molar-refractivity contribution in [1.82, 2.24) is 15.3 Å². The molecule has 1 fully saturated rings. The quantitative estimate of drug-likeness (QED) is 0.477. The van der Waals surface area contributed by atoms with Crippen molar-refractivity contribution in [2.45, 2.75) is 44.6 Å². The van der Waals surface area contributed by atoms with Crippen LogP contribution in [0.2, 0.25) is 5.02 Å². The van der Waals surface area contributed by atoms with Crippen LogP contribution in [0.15, 0.2) is 36.5 Å². The van der Waals surface area contributed by atoms with Crippen LogP contribution in [0.1, 0.15) is 38.7 Å². The standard InChI is InChI=1S/C25H29ClN6O2/c1-25(2)9-8-19(33)30-18-7-6-15(11-16(18)25)29-24-28-12-17(26)22(32-24)31-21-14-5-4-13(10-14)20(21)23(34)27-3/h4-7,11-14,20-21H,8-10H2,1-3H3,(H,27,34)(H,30,33)(H2,28,29,31,32)/t13-,14+,20+,21-/m0/s1. The number of carbonyl (C=O) groups is 2. The summed E-state index contributed by atoms with van der Waals surface area (Å²) in [4.78, 5) is 33.6. The van der Waals surface area contributed by atoms with Gasteiger partial charge < -0.3 is 21.3 Å². The van der Waals surface area contributed by atoms with Crippen molar-refractivity contribution in [2.24, 2.45) is 17.8 Å². The second-order valence-corrected chi connectivity index (χ2v) is 10.4. The number of nitrogens with one attached hydrogen (secondary N) is 4. The monoisotopic (exact) mass is 480 g/mol. The van der Waals surface area contributed by atoms with Gasteiger partial charge in [0.15, 0.2) is 5.82 Å². The minimum Gasteiger partial charge on any atom is -0.365 e. The van der Waals surface area contributed by atoms with Gasteiger partial charge in [-0.25, -0.2) is 4.98 Å². The molecule has 3 aliphatic rings. The lowest BCUT2D eigenvalue weighted by Gasteiger charge is -2.28. The molecule has 0 radical (unpaired) electrons. The highest BCUT2D eigenvalue weighted by Gasteiger charge is 2.48. The van der Waals surface area contributed by atoms with E-state index in [1.165, 1.54) is 0 Å². The van der Waals surface area contributed by atoms with Gasteiger partial charge in [0.05, 0.1) is 12.1 Å². The van der Waals surface area contributed by atoms with Crippen LogP contribution in [0, 0.1) is 17.8 Å². The van der Waals surface area contributed by atoms with Gasteiger partial charge in [-0.3, -0.25) is 9.59 Å². The maximum atomic E-state index is 12.5. The van der Waals surface area contributed by atoms with Gasteiger partial charge in [0.2, 0.25) is 17.8 Å². The predicted molar refractivity (Wildman–Crippen MR) is 133 cm³/mol. The van der Waals surface area contributed by atoms with E-state index in [4.69, 9.17) is 11.6 Å². The Morgan fingerprint density at radius 3 is 2.82 bits per heavy atom. The third kappa shape index (κ3) is 4.11. The molecule has 4 atom stereocenters. The minimum absolute atomic E-state index is 0.0255. The fourth-order valence-corrected chi connectivity index (χ4v) is 5.57. The Morgan fingerprint density at radius 2 is 2.03 bits per heavy atom. The summed E-state index contributed by atoms with van der Waals surface area (Å²) in [6, 6.07) is 5.77. The number of amides is 2. The molecule has 0 unspecified atom stereocenters. The third-order valence-corrected chi connectivity index (χ3v) is 7.59. The Labute approximate surface area is 204 Å². The minimum atomic E-state index is -0.163. The number of rotatable bonds is 5. The second kappa shape index (κ2) is 8.58. The highest BCUT2D eigenvalue weighted by molar-refractivity contribution is 6.32. The molecule has 0 spiro atoms. The first-order valence-electron chi connectivity index (χ1n) is 11.7. The van der Waals surface area contributed by atoms with Crippen molar-refractivity contribution >= 4 is 46.6 Å². The lowest BCUT2D eigenvalue weighted by Crippen LogP contribution is -2.42. The summed E-state index contributed by atoms with van der Waals surface area (Å²) in [5.74, 6) is 1.29. The third-order valence-electron chi connectivity index (χ3n) is 7.31. The van der Waals surface area contributed by atoms with Crippen LogP contribution in [-0.4, -0.2) is 34.9 Å². The molecule has 34 heavy (non-hydrogen) atoms. The van der Waals surface area contributed by atoms with E-state index < -0.39 is 0 Å². The van der Waals surface area contributed by atoms with Crippen molar-refractivity contribution in [3.05, 3.63) is 47.1 Å². The lowest BCUT2D eigenvalue weighted by atomic mass is 9.80. The van der Waals surface area contributed by atoms with Crippen molar-refractivity contribution in [3.63, 3.8) is 0 Å². The molecule has 2 aliphatic carbocycles. The van der Waals surface area contributed by atoms with Gasteiger partial charge in [-0.15, -0.1) is 0 Å². The van der Waals surface area contributed by atoms with Crippen LogP contribution in [-0.2, 0) is 15.0 Å². The molecular weight excluding hydrogens is 452 g/mol. The number of carbonyl (C=O) groups excluding carboxylic acids is 2. The first-order valence-corrected chi connectivity index (χ1v) is 12.0. The van der Waals surface area contributed by atoms with E-state index in [2.05, 4.69) is 57.2 Å². The fraction of sp³-hybridized carbons (Fsp3) is 0.440. The molecule has 0 saturated heterocycles. The smallest absolute Gasteiger partial charge is 0.229 e. The van der Waals surface area contributed by atoms with Crippen molar-refractivity contribution < 1.29 is 9.59 Å².